The number of hydrogen-bond acceptors (Lipinski definition) is 3. The molecule has 0 rings (SSSR count). The number of nitrogens with zero attached hydrogens (tertiary/aromatic N) is 1. The van der Waals surface area contributed by atoms with Gasteiger partial charge in [0.2, 0.25) is 0 Å². The van der Waals surface area contributed by atoms with Gasteiger partial charge in [0.05, 0.1) is 19.6 Å². The SMILES string of the molecule is C/C=C/C[N+](C/C=C/C)(C/C=C/C)C(CC)[Si](OC)(OC)OC. The van der Waals surface area contributed by atoms with E-state index < -0.39 is 8.80 Å². The topological polar surface area (TPSA) is 27.7 Å². The van der Waals surface area contributed by atoms with Gasteiger partial charge in [0.1, 0.15) is 0 Å². The van der Waals surface area contributed by atoms with Crippen LogP contribution in [0, 0.1) is 0 Å². The average molecular weight is 343 g/mol. The third kappa shape index (κ3) is 5.69. The lowest BCUT2D eigenvalue weighted by Gasteiger charge is -2.47. The van der Waals surface area contributed by atoms with Crippen LogP contribution in [0.3, 0.4) is 0 Å². The summed E-state index contributed by atoms with van der Waals surface area (Å²) in [6.45, 7) is 11.2. The van der Waals surface area contributed by atoms with Crippen molar-refractivity contribution >= 4 is 8.80 Å². The van der Waals surface area contributed by atoms with Gasteiger partial charge in [-0.3, -0.25) is 0 Å². The summed E-state index contributed by atoms with van der Waals surface area (Å²) < 4.78 is 18.4. The first-order valence-corrected chi connectivity index (χ1v) is 10.2. The summed E-state index contributed by atoms with van der Waals surface area (Å²) >= 11 is 0. The van der Waals surface area contributed by atoms with Crippen molar-refractivity contribution < 1.29 is 17.8 Å². The molecule has 0 N–H and O–H groups in total. The highest BCUT2D eigenvalue weighted by Gasteiger charge is 2.57. The predicted molar refractivity (Wildman–Crippen MR) is 100 cm³/mol. The lowest BCUT2D eigenvalue weighted by atomic mass is 10.2. The Morgan fingerprint density at radius 3 is 1.35 bits per heavy atom. The van der Waals surface area contributed by atoms with E-state index in [9.17, 15) is 0 Å². The van der Waals surface area contributed by atoms with Gasteiger partial charge in [-0.05, 0) is 39.0 Å². The quantitative estimate of drug-likeness (QED) is 0.307. The predicted octanol–water partition coefficient (Wildman–Crippen LogP) is 3.73. The van der Waals surface area contributed by atoms with Crippen LogP contribution < -0.4 is 0 Å². The Morgan fingerprint density at radius 1 is 0.783 bits per heavy atom. The van der Waals surface area contributed by atoms with Crippen molar-refractivity contribution in [3.8, 4) is 0 Å². The summed E-state index contributed by atoms with van der Waals surface area (Å²) in [4.78, 5) is 0. The maximum Gasteiger partial charge on any atom is 0.561 e. The molecule has 0 radical (unpaired) electrons. The zero-order valence-corrected chi connectivity index (χ0v) is 17.0. The average Bonchev–Trinajstić information content (AvgIpc) is 2.60. The van der Waals surface area contributed by atoms with Gasteiger partial charge in [-0.2, -0.15) is 0 Å². The first-order chi connectivity index (χ1) is 11.1. The minimum Gasteiger partial charge on any atom is -0.373 e. The summed E-state index contributed by atoms with van der Waals surface area (Å²) in [6.07, 6.45) is 14.0. The Balaban J connectivity index is 6.05. The minimum atomic E-state index is -2.76. The van der Waals surface area contributed by atoms with Crippen LogP contribution in [-0.4, -0.2) is 59.9 Å². The largest absolute Gasteiger partial charge is 0.561 e. The number of quaternary nitrogens is 1. The van der Waals surface area contributed by atoms with E-state index in [0.29, 0.717) is 0 Å². The second-order valence-corrected chi connectivity index (χ2v) is 8.71. The molecule has 0 spiro atoms. The van der Waals surface area contributed by atoms with E-state index >= 15 is 0 Å². The van der Waals surface area contributed by atoms with Gasteiger partial charge in [-0.25, -0.2) is 0 Å². The van der Waals surface area contributed by atoms with E-state index in [1.54, 1.807) is 21.3 Å². The number of rotatable bonds is 12. The Bertz CT molecular complexity index is 345. The molecular weight excluding hydrogens is 306 g/mol. The molecule has 0 aromatic carbocycles. The molecule has 0 aromatic rings. The third-order valence-electron chi connectivity index (χ3n) is 4.42. The van der Waals surface area contributed by atoms with Crippen LogP contribution in [0.5, 0.6) is 0 Å². The van der Waals surface area contributed by atoms with Crippen molar-refractivity contribution in [1.29, 1.82) is 0 Å². The van der Waals surface area contributed by atoms with E-state index in [-0.39, 0.29) is 5.67 Å². The molecular formula is C18H36NO3Si+. The molecule has 0 aromatic heterocycles. The van der Waals surface area contributed by atoms with Gasteiger partial charge < -0.3 is 17.8 Å². The molecule has 4 nitrogen and oxygen atoms in total. The molecule has 0 aliphatic rings. The molecule has 0 amide bonds. The summed E-state index contributed by atoms with van der Waals surface area (Å²) in [5, 5.41) is 0. The fourth-order valence-electron chi connectivity index (χ4n) is 3.18. The summed E-state index contributed by atoms with van der Waals surface area (Å²) in [7, 11) is 2.36. The van der Waals surface area contributed by atoms with Gasteiger partial charge in [-0.15, -0.1) is 0 Å². The second-order valence-electron chi connectivity index (χ2n) is 5.61. The third-order valence-corrected chi connectivity index (χ3v) is 7.90. The first kappa shape index (κ1) is 22.3. The molecule has 0 bridgehead atoms. The van der Waals surface area contributed by atoms with Gasteiger partial charge in [0, 0.05) is 27.8 Å². The van der Waals surface area contributed by atoms with Crippen LogP contribution in [-0.2, 0) is 13.3 Å². The van der Waals surface area contributed by atoms with Crippen molar-refractivity contribution in [1.82, 2.24) is 0 Å². The molecule has 1 unspecified atom stereocenters. The minimum absolute atomic E-state index is 0.172. The van der Waals surface area contributed by atoms with Crippen LogP contribution in [0.2, 0.25) is 0 Å². The lowest BCUT2D eigenvalue weighted by molar-refractivity contribution is -0.927. The van der Waals surface area contributed by atoms with Crippen LogP contribution >= 0.6 is 0 Å². The van der Waals surface area contributed by atoms with Gasteiger partial charge >= 0.3 is 8.80 Å². The van der Waals surface area contributed by atoms with Gasteiger partial charge in [0.15, 0.2) is 5.67 Å². The zero-order chi connectivity index (χ0) is 17.8. The lowest BCUT2D eigenvalue weighted by Crippen LogP contribution is -2.70. The fourth-order valence-corrected chi connectivity index (χ4v) is 5.99. The van der Waals surface area contributed by atoms with Gasteiger partial charge in [-0.1, -0.05) is 25.2 Å². The van der Waals surface area contributed by atoms with Crippen molar-refractivity contribution in [3.63, 3.8) is 0 Å². The first-order valence-electron chi connectivity index (χ1n) is 8.40. The second kappa shape index (κ2) is 11.8. The van der Waals surface area contributed by atoms with Crippen LogP contribution in [0.25, 0.3) is 0 Å². The van der Waals surface area contributed by atoms with E-state index in [1.807, 2.05) is 0 Å². The smallest absolute Gasteiger partial charge is 0.373 e. The van der Waals surface area contributed by atoms with Crippen molar-refractivity contribution in [2.24, 2.45) is 0 Å². The molecule has 23 heavy (non-hydrogen) atoms. The Morgan fingerprint density at radius 2 is 1.13 bits per heavy atom. The standard InChI is InChI=1S/C18H36NO3Si/c1-8-12-15-19(16-13-9-2,17-14-10-3)18(11-4)23(20-5,21-6)22-7/h8-10,12-14,18H,11,15-17H2,1-7H3/q+1/b12-8+,13-9+,14-10+. The highest BCUT2D eigenvalue weighted by molar-refractivity contribution is 6.62. The number of allylic oxidation sites excluding steroid dienone is 3. The monoisotopic (exact) mass is 342 g/mol. The van der Waals surface area contributed by atoms with E-state index in [4.69, 9.17) is 13.3 Å². The molecule has 5 heteroatoms. The highest BCUT2D eigenvalue weighted by atomic mass is 28.4. The van der Waals surface area contributed by atoms with Crippen molar-refractivity contribution in [3.05, 3.63) is 36.5 Å². The molecule has 0 saturated heterocycles. The molecule has 134 valence electrons. The van der Waals surface area contributed by atoms with Crippen LogP contribution in [0.1, 0.15) is 34.1 Å². The zero-order valence-electron chi connectivity index (χ0n) is 16.0. The van der Waals surface area contributed by atoms with Crippen molar-refractivity contribution in [2.75, 3.05) is 41.0 Å². The summed E-state index contributed by atoms with van der Waals surface area (Å²) in [6, 6.07) is 0. The molecule has 0 aliphatic carbocycles. The fraction of sp³-hybridized carbons (Fsp3) is 0.667. The number of hydrogen-bond donors (Lipinski definition) is 0. The van der Waals surface area contributed by atoms with Crippen LogP contribution in [0.15, 0.2) is 36.5 Å². The molecule has 0 fully saturated rings. The Kier molecular flexibility index (Phi) is 11.4. The van der Waals surface area contributed by atoms with E-state index in [1.165, 1.54) is 0 Å². The normalized spacial score (nSPS) is 15.3. The van der Waals surface area contributed by atoms with E-state index in [2.05, 4.69) is 64.2 Å². The maximum atomic E-state index is 5.84. The molecule has 0 aliphatic heterocycles. The van der Waals surface area contributed by atoms with E-state index in [0.717, 1.165) is 30.5 Å². The van der Waals surface area contributed by atoms with Crippen molar-refractivity contribution in [2.45, 2.75) is 39.8 Å². The molecule has 0 saturated carbocycles. The molecule has 1 atom stereocenters. The summed E-state index contributed by atoms with van der Waals surface area (Å²) in [5.74, 6) is 0. The summed E-state index contributed by atoms with van der Waals surface area (Å²) in [5.41, 5.74) is 0.172. The Hall–Kier alpha value is -0.723. The van der Waals surface area contributed by atoms with Gasteiger partial charge in [0.25, 0.3) is 0 Å². The highest BCUT2D eigenvalue weighted by Crippen LogP contribution is 2.28. The Labute approximate surface area is 144 Å². The molecule has 0 heterocycles. The maximum absolute atomic E-state index is 5.84. The van der Waals surface area contributed by atoms with Crippen LogP contribution in [0.4, 0.5) is 0 Å².